The van der Waals surface area contributed by atoms with E-state index in [1.807, 2.05) is 72.8 Å². The maximum Gasteiger partial charge on any atom is 0.227 e. The SMILES string of the molecule is CC(O)c1cccc(Nc2nccc(-c3ccc(-c4ccccc4OCc4ccccc4O)s3)n2)c1. The molecule has 0 aliphatic rings. The molecule has 3 aromatic carbocycles. The van der Waals surface area contributed by atoms with Crippen molar-refractivity contribution in [2.75, 3.05) is 5.32 Å². The highest BCUT2D eigenvalue weighted by Crippen LogP contribution is 2.38. The minimum atomic E-state index is -0.547. The average Bonchev–Trinajstić information content (AvgIpc) is 3.39. The van der Waals surface area contributed by atoms with E-state index in [4.69, 9.17) is 9.72 Å². The molecule has 36 heavy (non-hydrogen) atoms. The molecular weight excluding hydrogens is 470 g/mol. The van der Waals surface area contributed by atoms with Crippen molar-refractivity contribution in [3.8, 4) is 32.5 Å². The zero-order valence-electron chi connectivity index (χ0n) is 19.6. The molecule has 2 heterocycles. The number of aliphatic hydroxyl groups is 1. The maximum atomic E-state index is 10.1. The standard InChI is InChI=1S/C29H25N3O3S/c1-19(33)20-8-6-9-22(17-20)31-29-30-16-15-24(32-29)28-14-13-27(36-28)23-10-3-5-12-26(23)35-18-21-7-2-4-11-25(21)34/h2-17,19,33-34H,18H2,1H3,(H,30,31,32). The summed E-state index contributed by atoms with van der Waals surface area (Å²) in [7, 11) is 0. The van der Waals surface area contributed by atoms with Gasteiger partial charge in [0, 0.05) is 27.9 Å². The van der Waals surface area contributed by atoms with Crippen molar-refractivity contribution in [3.05, 3.63) is 108 Å². The Bertz CT molecular complexity index is 1480. The average molecular weight is 496 g/mol. The molecular formula is C29H25N3O3S. The Labute approximate surface area is 213 Å². The summed E-state index contributed by atoms with van der Waals surface area (Å²) in [6.45, 7) is 2.01. The zero-order valence-corrected chi connectivity index (χ0v) is 20.4. The molecule has 0 bridgehead atoms. The van der Waals surface area contributed by atoms with Gasteiger partial charge in [0.1, 0.15) is 18.1 Å². The van der Waals surface area contributed by atoms with Gasteiger partial charge < -0.3 is 20.3 Å². The van der Waals surface area contributed by atoms with E-state index in [0.717, 1.165) is 43.6 Å². The number of nitrogens with zero attached hydrogens (tertiary/aromatic N) is 2. The molecule has 0 fully saturated rings. The number of hydrogen-bond acceptors (Lipinski definition) is 7. The largest absolute Gasteiger partial charge is 0.508 e. The molecule has 6 nitrogen and oxygen atoms in total. The van der Waals surface area contributed by atoms with Crippen LogP contribution in [-0.4, -0.2) is 20.2 Å². The van der Waals surface area contributed by atoms with Crippen LogP contribution in [0.25, 0.3) is 21.0 Å². The van der Waals surface area contributed by atoms with Gasteiger partial charge in [-0.05, 0) is 61.0 Å². The van der Waals surface area contributed by atoms with Crippen molar-refractivity contribution in [2.45, 2.75) is 19.6 Å². The van der Waals surface area contributed by atoms with Crippen molar-refractivity contribution in [2.24, 2.45) is 0 Å². The van der Waals surface area contributed by atoms with Crippen LogP contribution in [0, 0.1) is 0 Å². The third-order valence-corrected chi connectivity index (χ3v) is 6.81. The zero-order chi connectivity index (χ0) is 24.9. The molecule has 2 aromatic heterocycles. The van der Waals surface area contributed by atoms with Crippen molar-refractivity contribution < 1.29 is 14.9 Å². The Morgan fingerprint density at radius 3 is 2.58 bits per heavy atom. The van der Waals surface area contributed by atoms with Gasteiger partial charge in [-0.25, -0.2) is 9.97 Å². The number of aromatic nitrogens is 2. The number of hydrogen-bond donors (Lipinski definition) is 3. The monoisotopic (exact) mass is 495 g/mol. The fourth-order valence-corrected chi connectivity index (χ4v) is 4.77. The predicted molar refractivity (Wildman–Crippen MR) is 144 cm³/mol. The van der Waals surface area contributed by atoms with Crippen molar-refractivity contribution in [1.82, 2.24) is 9.97 Å². The van der Waals surface area contributed by atoms with E-state index in [2.05, 4.69) is 16.4 Å². The molecule has 0 spiro atoms. The Hall–Kier alpha value is -4.20. The molecule has 7 heteroatoms. The van der Waals surface area contributed by atoms with Crippen LogP contribution in [0.4, 0.5) is 11.6 Å². The number of para-hydroxylation sites is 2. The van der Waals surface area contributed by atoms with E-state index in [-0.39, 0.29) is 12.4 Å². The lowest BCUT2D eigenvalue weighted by atomic mass is 10.1. The van der Waals surface area contributed by atoms with Gasteiger partial charge in [-0.2, -0.15) is 0 Å². The molecule has 5 rings (SSSR count). The number of ether oxygens (including phenoxy) is 1. The molecule has 0 aliphatic heterocycles. The molecule has 0 radical (unpaired) electrons. The summed E-state index contributed by atoms with van der Waals surface area (Å²) < 4.78 is 6.08. The molecule has 5 aromatic rings. The summed E-state index contributed by atoms with van der Waals surface area (Å²) in [5, 5.41) is 23.1. The second kappa shape index (κ2) is 10.6. The summed E-state index contributed by atoms with van der Waals surface area (Å²) in [6.07, 6.45) is 1.18. The van der Waals surface area contributed by atoms with Gasteiger partial charge in [0.2, 0.25) is 5.95 Å². The Morgan fingerprint density at radius 2 is 1.72 bits per heavy atom. The van der Waals surface area contributed by atoms with E-state index in [1.54, 1.807) is 36.6 Å². The number of aromatic hydroxyl groups is 1. The molecule has 0 aliphatic carbocycles. The first-order valence-electron chi connectivity index (χ1n) is 11.5. The van der Waals surface area contributed by atoms with E-state index < -0.39 is 6.10 Å². The topological polar surface area (TPSA) is 87.5 Å². The van der Waals surface area contributed by atoms with E-state index in [1.165, 1.54) is 0 Å². The lowest BCUT2D eigenvalue weighted by Crippen LogP contribution is -1.99. The lowest BCUT2D eigenvalue weighted by Gasteiger charge is -2.11. The number of phenolic OH excluding ortho intramolecular Hbond substituents is 1. The first-order valence-corrected chi connectivity index (χ1v) is 12.4. The number of aliphatic hydroxyl groups excluding tert-OH is 1. The van der Waals surface area contributed by atoms with Crippen LogP contribution in [-0.2, 0) is 6.61 Å². The predicted octanol–water partition coefficient (Wildman–Crippen LogP) is 6.95. The van der Waals surface area contributed by atoms with E-state index in [0.29, 0.717) is 5.95 Å². The minimum Gasteiger partial charge on any atom is -0.508 e. The lowest BCUT2D eigenvalue weighted by molar-refractivity contribution is 0.199. The molecule has 3 N–H and O–H groups in total. The highest BCUT2D eigenvalue weighted by molar-refractivity contribution is 7.18. The van der Waals surface area contributed by atoms with Gasteiger partial charge in [0.05, 0.1) is 16.7 Å². The van der Waals surface area contributed by atoms with Crippen molar-refractivity contribution in [1.29, 1.82) is 0 Å². The number of rotatable bonds is 8. The van der Waals surface area contributed by atoms with Crippen LogP contribution >= 0.6 is 11.3 Å². The van der Waals surface area contributed by atoms with Crippen LogP contribution in [0.1, 0.15) is 24.2 Å². The second-order valence-electron chi connectivity index (χ2n) is 8.27. The fourth-order valence-electron chi connectivity index (χ4n) is 3.77. The summed E-state index contributed by atoms with van der Waals surface area (Å²) in [5.41, 5.74) is 4.16. The number of benzene rings is 3. The quantitative estimate of drug-likeness (QED) is 0.216. The summed E-state index contributed by atoms with van der Waals surface area (Å²) >= 11 is 1.62. The third kappa shape index (κ3) is 5.38. The van der Waals surface area contributed by atoms with Gasteiger partial charge in [0.25, 0.3) is 0 Å². The van der Waals surface area contributed by atoms with E-state index in [9.17, 15) is 10.2 Å². The van der Waals surface area contributed by atoms with E-state index >= 15 is 0 Å². The molecule has 180 valence electrons. The summed E-state index contributed by atoms with van der Waals surface area (Å²) in [4.78, 5) is 11.1. The van der Waals surface area contributed by atoms with Gasteiger partial charge in [0.15, 0.2) is 0 Å². The first kappa shape index (κ1) is 23.5. The number of anilines is 2. The molecule has 0 amide bonds. The number of nitrogens with one attached hydrogen (secondary N) is 1. The van der Waals surface area contributed by atoms with Gasteiger partial charge >= 0.3 is 0 Å². The number of thiophene rings is 1. The smallest absolute Gasteiger partial charge is 0.227 e. The van der Waals surface area contributed by atoms with Gasteiger partial charge in [-0.3, -0.25) is 0 Å². The summed E-state index contributed by atoms with van der Waals surface area (Å²) in [5.74, 6) is 1.45. The molecule has 1 unspecified atom stereocenters. The van der Waals surface area contributed by atoms with Gasteiger partial charge in [-0.15, -0.1) is 11.3 Å². The Balaban J connectivity index is 1.36. The summed E-state index contributed by atoms with van der Waals surface area (Å²) in [6, 6.07) is 28.6. The van der Waals surface area contributed by atoms with Crippen LogP contribution in [0.15, 0.2) is 97.2 Å². The molecule has 0 saturated carbocycles. The fraction of sp³-hybridized carbons (Fsp3) is 0.103. The first-order chi connectivity index (χ1) is 17.6. The Kier molecular flexibility index (Phi) is 6.93. The van der Waals surface area contributed by atoms with Crippen LogP contribution in [0.2, 0.25) is 0 Å². The second-order valence-corrected chi connectivity index (χ2v) is 9.35. The number of phenols is 1. The van der Waals surface area contributed by atoms with Crippen molar-refractivity contribution in [3.63, 3.8) is 0 Å². The van der Waals surface area contributed by atoms with Crippen molar-refractivity contribution >= 4 is 23.0 Å². The van der Waals surface area contributed by atoms with Crippen LogP contribution in [0.3, 0.4) is 0 Å². The molecule has 0 saturated heterocycles. The third-order valence-electron chi connectivity index (χ3n) is 5.67. The van der Waals surface area contributed by atoms with Crippen LogP contribution in [0.5, 0.6) is 11.5 Å². The maximum absolute atomic E-state index is 10.1. The molecule has 1 atom stereocenters. The normalized spacial score (nSPS) is 11.7. The van der Waals surface area contributed by atoms with Crippen LogP contribution < -0.4 is 10.1 Å². The minimum absolute atomic E-state index is 0.221. The highest BCUT2D eigenvalue weighted by atomic mass is 32.1. The highest BCUT2D eigenvalue weighted by Gasteiger charge is 2.12. The van der Waals surface area contributed by atoms with Gasteiger partial charge in [-0.1, -0.05) is 42.5 Å². The Morgan fingerprint density at radius 1 is 0.917 bits per heavy atom.